The number of nitrogens with zero attached hydrogens (tertiary/aromatic N) is 1. The summed E-state index contributed by atoms with van der Waals surface area (Å²) in [5.74, 6) is 0. The van der Waals surface area contributed by atoms with Gasteiger partial charge in [-0.3, -0.25) is 0 Å². The Labute approximate surface area is 412 Å². The van der Waals surface area contributed by atoms with E-state index in [1.807, 2.05) is 13.0 Å². The van der Waals surface area contributed by atoms with Gasteiger partial charge in [0.05, 0.1) is 16.5 Å². The van der Waals surface area contributed by atoms with Crippen molar-refractivity contribution in [1.82, 2.24) is 0 Å². The molecule has 0 N–H and O–H groups in total. The molecule has 0 aliphatic heterocycles. The predicted molar refractivity (Wildman–Crippen MR) is 294 cm³/mol. The van der Waals surface area contributed by atoms with Gasteiger partial charge in [-0.25, -0.2) is 0 Å². The van der Waals surface area contributed by atoms with Crippen LogP contribution in [-0.4, -0.2) is 0 Å². The predicted octanol–water partition coefficient (Wildman–Crippen LogP) is 17.7. The molecule has 10 aromatic carbocycles. The van der Waals surface area contributed by atoms with E-state index >= 15 is 0 Å². The lowest BCUT2D eigenvalue weighted by molar-refractivity contribution is 0.768. The highest BCUT2D eigenvalue weighted by atomic mass is 15.1. The van der Waals surface area contributed by atoms with Crippen molar-refractivity contribution in [2.45, 2.75) is 17.8 Å². The molecule has 0 bridgehead atoms. The van der Waals surface area contributed by atoms with E-state index in [1.165, 1.54) is 66.8 Å². The minimum Gasteiger partial charge on any atom is -0.310 e. The molecular weight excluding hydrogens is 843 g/mol. The zero-order valence-corrected chi connectivity index (χ0v) is 39.2. The number of hydrogen-bond acceptors (Lipinski definition) is 1. The van der Waals surface area contributed by atoms with Gasteiger partial charge in [0.1, 0.15) is 0 Å². The van der Waals surface area contributed by atoms with Crippen molar-refractivity contribution < 1.29 is 0 Å². The van der Waals surface area contributed by atoms with E-state index in [2.05, 4.69) is 284 Å². The fourth-order valence-electron chi connectivity index (χ4n) is 11.8. The maximum Gasteiger partial charge on any atom is 0.0714 e. The summed E-state index contributed by atoms with van der Waals surface area (Å²) >= 11 is 0. The number of anilines is 3. The van der Waals surface area contributed by atoms with Crippen LogP contribution in [0.3, 0.4) is 0 Å². The summed E-state index contributed by atoms with van der Waals surface area (Å²) in [6.45, 7) is 6.71. The smallest absolute Gasteiger partial charge is 0.0714 e. The van der Waals surface area contributed by atoms with Gasteiger partial charge in [0.15, 0.2) is 0 Å². The second-order valence-corrected chi connectivity index (χ2v) is 18.4. The summed E-state index contributed by atoms with van der Waals surface area (Å²) < 4.78 is 0. The summed E-state index contributed by atoms with van der Waals surface area (Å²) in [6, 6.07) is 94.4. The van der Waals surface area contributed by atoms with Crippen LogP contribution in [0, 0.1) is 0 Å². The van der Waals surface area contributed by atoms with Crippen LogP contribution in [0.2, 0.25) is 0 Å². The number of fused-ring (bicyclic) bond motifs is 6. The second-order valence-electron chi connectivity index (χ2n) is 18.4. The van der Waals surface area contributed by atoms with Gasteiger partial charge >= 0.3 is 0 Å². The third-order valence-electron chi connectivity index (χ3n) is 14.7. The molecule has 0 saturated heterocycles. The summed E-state index contributed by atoms with van der Waals surface area (Å²) in [6.07, 6.45) is 8.30. The molecule has 1 nitrogen and oxygen atoms in total. The van der Waals surface area contributed by atoms with Gasteiger partial charge in [0, 0.05) is 16.9 Å². The summed E-state index contributed by atoms with van der Waals surface area (Å²) in [5, 5.41) is 0. The van der Waals surface area contributed by atoms with Gasteiger partial charge < -0.3 is 4.90 Å². The molecule has 0 spiro atoms. The molecule has 1 heteroatoms. The van der Waals surface area contributed by atoms with Gasteiger partial charge in [-0.2, -0.15) is 0 Å². The van der Waals surface area contributed by atoms with Gasteiger partial charge in [0.25, 0.3) is 0 Å². The van der Waals surface area contributed by atoms with Crippen LogP contribution < -0.4 is 4.90 Å². The third kappa shape index (κ3) is 6.69. The first-order valence-corrected chi connectivity index (χ1v) is 24.3. The number of rotatable bonds is 11. The molecule has 0 unspecified atom stereocenters. The Morgan fingerprint density at radius 1 is 0.386 bits per heavy atom. The Kier molecular flexibility index (Phi) is 10.8. The molecule has 2 aliphatic carbocycles. The molecule has 70 heavy (non-hydrogen) atoms. The van der Waals surface area contributed by atoms with Crippen molar-refractivity contribution in [2.24, 2.45) is 0 Å². The molecule has 12 rings (SSSR count). The van der Waals surface area contributed by atoms with Crippen molar-refractivity contribution in [1.29, 1.82) is 0 Å². The maximum atomic E-state index is 4.67. The zero-order chi connectivity index (χ0) is 47.1. The monoisotopic (exact) mass is 893 g/mol. The highest BCUT2D eigenvalue weighted by molar-refractivity contribution is 5.99. The Morgan fingerprint density at radius 3 is 1.46 bits per heavy atom. The van der Waals surface area contributed by atoms with Crippen molar-refractivity contribution >= 4 is 22.6 Å². The Balaban J connectivity index is 1.20. The van der Waals surface area contributed by atoms with E-state index in [4.69, 9.17) is 0 Å². The second kappa shape index (κ2) is 17.7. The molecule has 0 amide bonds. The molecule has 0 heterocycles. The maximum absolute atomic E-state index is 4.67. The summed E-state index contributed by atoms with van der Waals surface area (Å²) in [4.78, 5) is 2.53. The van der Waals surface area contributed by atoms with Gasteiger partial charge in [-0.1, -0.05) is 249 Å². The van der Waals surface area contributed by atoms with Crippen molar-refractivity contribution in [3.8, 4) is 33.4 Å². The molecule has 10 aromatic rings. The number of benzene rings is 10. The SMILES string of the molecule is C=C(/C=C\C=C/C)c1cc(-c2ccccc2)cc(N(c2ccc3c(c2)C(c2ccccc2)(c2ccccc2)c2ccccc2-3)c2cccc3c2-c2ccccc2C3(c2ccccc2)c2ccccc2)c1. The molecule has 2 aliphatic rings. The van der Waals surface area contributed by atoms with Gasteiger partial charge in [-0.05, 0) is 127 Å². The molecule has 0 saturated carbocycles. The minimum atomic E-state index is -0.583. The fourth-order valence-corrected chi connectivity index (χ4v) is 11.8. The van der Waals surface area contributed by atoms with Crippen LogP contribution in [0.4, 0.5) is 17.1 Å². The van der Waals surface area contributed by atoms with Crippen LogP contribution in [0.1, 0.15) is 57.0 Å². The standard InChI is InChI=1S/C69H51N/c1-3-4-10-26-49(2)51-45-52(50-27-11-5-12-28-50)47-58(46-51)70(57-43-44-60-59-37-21-23-39-62(59)69(65(60)48-57,55-33-17-8-18-34-55)56-35-19-9-20-36-56)66-42-25-41-64-67(66)61-38-22-24-40-63(61)68(64,53-29-13-6-14-30-53)54-31-15-7-16-32-54/h3-48H,2H2,1H3/b4-3-,26-10-. The quantitative estimate of drug-likeness (QED) is 0.117. The first-order valence-electron chi connectivity index (χ1n) is 24.3. The summed E-state index contributed by atoms with van der Waals surface area (Å²) in [5.41, 5.74) is 21.2. The first kappa shape index (κ1) is 42.6. The van der Waals surface area contributed by atoms with Crippen LogP contribution >= 0.6 is 0 Å². The van der Waals surface area contributed by atoms with Crippen LogP contribution in [0.15, 0.2) is 286 Å². The largest absolute Gasteiger partial charge is 0.310 e. The van der Waals surface area contributed by atoms with E-state index < -0.39 is 10.8 Å². The number of hydrogen-bond donors (Lipinski definition) is 0. The van der Waals surface area contributed by atoms with E-state index in [1.54, 1.807) is 0 Å². The van der Waals surface area contributed by atoms with Crippen molar-refractivity contribution in [2.75, 3.05) is 4.90 Å². The molecule has 0 aromatic heterocycles. The van der Waals surface area contributed by atoms with Crippen molar-refractivity contribution in [3.63, 3.8) is 0 Å². The highest BCUT2D eigenvalue weighted by Gasteiger charge is 2.49. The molecule has 0 radical (unpaired) electrons. The lowest BCUT2D eigenvalue weighted by Crippen LogP contribution is -2.29. The third-order valence-corrected chi connectivity index (χ3v) is 14.7. The molecule has 0 fully saturated rings. The van der Waals surface area contributed by atoms with E-state index in [0.29, 0.717) is 0 Å². The Morgan fingerprint density at radius 2 is 0.871 bits per heavy atom. The normalized spacial score (nSPS) is 13.7. The Bertz CT molecular complexity index is 3530. The summed E-state index contributed by atoms with van der Waals surface area (Å²) in [7, 11) is 0. The van der Waals surface area contributed by atoms with E-state index in [-0.39, 0.29) is 0 Å². The highest BCUT2D eigenvalue weighted by Crippen LogP contribution is 2.61. The Hall–Kier alpha value is -8.78. The van der Waals surface area contributed by atoms with Crippen LogP contribution in [-0.2, 0) is 10.8 Å². The van der Waals surface area contributed by atoms with Gasteiger partial charge in [-0.15, -0.1) is 0 Å². The van der Waals surface area contributed by atoms with Crippen LogP contribution in [0.25, 0.3) is 39.0 Å². The average molecular weight is 894 g/mol. The first-order chi connectivity index (χ1) is 34.6. The molecule has 332 valence electrons. The van der Waals surface area contributed by atoms with Crippen molar-refractivity contribution in [3.05, 3.63) is 336 Å². The minimum absolute atomic E-state index is 0.575. The van der Waals surface area contributed by atoms with E-state index in [0.717, 1.165) is 39.3 Å². The lowest BCUT2D eigenvalue weighted by Gasteiger charge is -2.36. The fraction of sp³-hybridized carbons (Fsp3) is 0.0435. The molecular formula is C69H51N. The number of allylic oxidation sites excluding steroid dienone is 5. The van der Waals surface area contributed by atoms with Gasteiger partial charge in [0.2, 0.25) is 0 Å². The van der Waals surface area contributed by atoms with E-state index in [9.17, 15) is 0 Å². The lowest BCUT2D eigenvalue weighted by atomic mass is 9.67. The topological polar surface area (TPSA) is 3.24 Å². The zero-order valence-electron chi connectivity index (χ0n) is 39.2. The van der Waals surface area contributed by atoms with Crippen LogP contribution in [0.5, 0.6) is 0 Å². The average Bonchev–Trinajstić information content (AvgIpc) is 3.91. The molecule has 0 atom stereocenters.